The molecule has 0 unspecified atom stereocenters. The summed E-state index contributed by atoms with van der Waals surface area (Å²) < 4.78 is 32.5. The number of methoxy groups -OCH3 is 1. The Morgan fingerprint density at radius 3 is 2.26 bits per heavy atom. The summed E-state index contributed by atoms with van der Waals surface area (Å²) in [4.78, 5) is 32.1. The van der Waals surface area contributed by atoms with Crippen LogP contribution in [0.5, 0.6) is 0 Å². The number of hydrogen-bond donors (Lipinski definition) is 0. The summed E-state index contributed by atoms with van der Waals surface area (Å²) in [5.74, 6) is 0.0717. The highest BCUT2D eigenvalue weighted by Crippen LogP contribution is 2.53. The molecule has 34 heavy (non-hydrogen) atoms. The van der Waals surface area contributed by atoms with Crippen molar-refractivity contribution in [2.45, 2.75) is 77.2 Å². The first-order valence-corrected chi connectivity index (χ1v) is 12.9. The second-order valence-corrected chi connectivity index (χ2v) is 12.4. The maximum Gasteiger partial charge on any atom is 0.426 e. The standard InChI is InChI=1S/C24H32BrFN2O5S/c1-22(2,3)32-20(29)28(21(30)33-23(4,5)6)19-27-24(17-11-15(25)8-9-18(17)26)12-16(31-7)10-14(24)13-34-19/h8-9,11,14,16H,10,12-13H2,1-7H3/t14-,16+,24-/m0/s1. The van der Waals surface area contributed by atoms with Gasteiger partial charge in [-0.15, -0.1) is 0 Å². The van der Waals surface area contributed by atoms with Gasteiger partial charge in [0.2, 0.25) is 0 Å². The summed E-state index contributed by atoms with van der Waals surface area (Å²) in [6.07, 6.45) is -0.813. The molecule has 7 nitrogen and oxygen atoms in total. The van der Waals surface area contributed by atoms with Crippen molar-refractivity contribution in [3.63, 3.8) is 0 Å². The fourth-order valence-corrected chi connectivity index (χ4v) is 5.82. The highest BCUT2D eigenvalue weighted by Gasteiger charge is 2.54. The Hall–Kier alpha value is -1.65. The number of carbonyl (C=O) groups excluding carboxylic acids is 2. The average Bonchev–Trinajstić information content (AvgIpc) is 3.06. The van der Waals surface area contributed by atoms with Gasteiger partial charge in [0, 0.05) is 35.2 Å². The van der Waals surface area contributed by atoms with Crippen LogP contribution >= 0.6 is 27.7 Å². The Bertz CT molecular complexity index is 963. The van der Waals surface area contributed by atoms with Crippen LogP contribution in [0.25, 0.3) is 0 Å². The highest BCUT2D eigenvalue weighted by atomic mass is 79.9. The number of amidine groups is 1. The van der Waals surface area contributed by atoms with E-state index in [0.29, 0.717) is 28.6 Å². The topological polar surface area (TPSA) is 77.4 Å². The monoisotopic (exact) mass is 558 g/mol. The normalized spacial score (nSPS) is 24.8. The SMILES string of the molecule is CO[C@@H]1C[C@H]2CSC(N(C(=O)OC(C)(C)C)C(=O)OC(C)(C)C)=N[C@@]2(c2cc(Br)ccc2F)C1. The van der Waals surface area contributed by atoms with Gasteiger partial charge in [-0.3, -0.25) is 0 Å². The minimum atomic E-state index is -1.00. The van der Waals surface area contributed by atoms with Crippen molar-refractivity contribution in [1.29, 1.82) is 0 Å². The molecule has 10 heteroatoms. The van der Waals surface area contributed by atoms with E-state index < -0.39 is 34.7 Å². The fraction of sp³-hybridized carbons (Fsp3) is 0.625. The summed E-state index contributed by atoms with van der Waals surface area (Å²) in [5, 5.41) is 0.121. The number of imide groups is 1. The van der Waals surface area contributed by atoms with E-state index in [1.54, 1.807) is 60.8 Å². The van der Waals surface area contributed by atoms with Gasteiger partial charge in [-0.05, 0) is 66.2 Å². The van der Waals surface area contributed by atoms with Crippen molar-refractivity contribution in [2.24, 2.45) is 10.9 Å². The smallest absolute Gasteiger partial charge is 0.426 e. The molecule has 0 N–H and O–H groups in total. The summed E-state index contributed by atoms with van der Waals surface area (Å²) in [7, 11) is 1.62. The van der Waals surface area contributed by atoms with Gasteiger partial charge in [0.1, 0.15) is 17.0 Å². The number of thioether (sulfide) groups is 1. The van der Waals surface area contributed by atoms with E-state index in [-0.39, 0.29) is 17.2 Å². The molecule has 2 aliphatic rings. The number of amides is 2. The zero-order valence-corrected chi connectivity index (χ0v) is 23.0. The van der Waals surface area contributed by atoms with Crippen LogP contribution in [0.15, 0.2) is 27.7 Å². The molecule has 0 spiro atoms. The molecule has 188 valence electrons. The predicted molar refractivity (Wildman–Crippen MR) is 133 cm³/mol. The Morgan fingerprint density at radius 1 is 1.15 bits per heavy atom. The van der Waals surface area contributed by atoms with Gasteiger partial charge < -0.3 is 14.2 Å². The molecule has 1 aliphatic heterocycles. The van der Waals surface area contributed by atoms with Crippen LogP contribution in [-0.4, -0.2) is 52.4 Å². The van der Waals surface area contributed by atoms with E-state index in [4.69, 9.17) is 19.2 Å². The van der Waals surface area contributed by atoms with E-state index in [9.17, 15) is 9.59 Å². The van der Waals surface area contributed by atoms with Gasteiger partial charge in [-0.1, -0.05) is 27.7 Å². The van der Waals surface area contributed by atoms with E-state index in [1.807, 2.05) is 0 Å². The Labute approximate surface area is 212 Å². The van der Waals surface area contributed by atoms with Gasteiger partial charge in [0.15, 0.2) is 5.17 Å². The van der Waals surface area contributed by atoms with Gasteiger partial charge in [0.05, 0.1) is 11.6 Å². The summed E-state index contributed by atoms with van der Waals surface area (Å²) in [6, 6.07) is 4.73. The Balaban J connectivity index is 2.14. The van der Waals surface area contributed by atoms with Crippen LogP contribution in [0.4, 0.5) is 14.0 Å². The molecule has 3 atom stereocenters. The number of carbonyl (C=O) groups is 2. The second kappa shape index (κ2) is 9.78. The van der Waals surface area contributed by atoms with Crippen LogP contribution in [0.3, 0.4) is 0 Å². The molecule has 0 saturated heterocycles. The highest BCUT2D eigenvalue weighted by molar-refractivity contribution is 9.10. The van der Waals surface area contributed by atoms with Crippen LogP contribution < -0.4 is 0 Å². The lowest BCUT2D eigenvalue weighted by Gasteiger charge is -2.38. The third kappa shape index (κ3) is 5.94. The molecule has 1 heterocycles. The maximum atomic E-state index is 15.2. The number of ether oxygens (including phenoxy) is 3. The van der Waals surface area contributed by atoms with Crippen molar-refractivity contribution in [3.05, 3.63) is 34.1 Å². The van der Waals surface area contributed by atoms with Crippen LogP contribution in [-0.2, 0) is 19.7 Å². The molecule has 0 radical (unpaired) electrons. The molecule has 1 fully saturated rings. The summed E-state index contributed by atoms with van der Waals surface area (Å²) in [6.45, 7) is 10.3. The molecule has 3 rings (SSSR count). The van der Waals surface area contributed by atoms with Crippen molar-refractivity contribution in [2.75, 3.05) is 12.9 Å². The first-order chi connectivity index (χ1) is 15.6. The molecular formula is C24H32BrFN2O5S. The van der Waals surface area contributed by atoms with Crippen molar-refractivity contribution < 1.29 is 28.2 Å². The zero-order chi connectivity index (χ0) is 25.5. The lowest BCUT2D eigenvalue weighted by molar-refractivity contribution is 0.0150. The predicted octanol–water partition coefficient (Wildman–Crippen LogP) is 6.48. The minimum Gasteiger partial charge on any atom is -0.443 e. The lowest BCUT2D eigenvalue weighted by Crippen LogP contribution is -2.49. The lowest BCUT2D eigenvalue weighted by atomic mass is 9.81. The van der Waals surface area contributed by atoms with Crippen LogP contribution in [0.1, 0.15) is 59.9 Å². The summed E-state index contributed by atoms with van der Waals surface area (Å²) >= 11 is 4.69. The second-order valence-electron chi connectivity index (χ2n) is 10.5. The number of benzene rings is 1. The number of rotatable bonds is 2. The van der Waals surface area contributed by atoms with Crippen LogP contribution in [0.2, 0.25) is 0 Å². The molecule has 1 aromatic rings. The van der Waals surface area contributed by atoms with E-state index in [2.05, 4.69) is 15.9 Å². The third-order valence-electron chi connectivity index (χ3n) is 5.54. The molecule has 0 aromatic heterocycles. The molecular weight excluding hydrogens is 527 g/mol. The number of fused-ring (bicyclic) bond motifs is 1. The third-order valence-corrected chi connectivity index (χ3v) is 7.14. The van der Waals surface area contributed by atoms with Gasteiger partial charge >= 0.3 is 12.2 Å². The van der Waals surface area contributed by atoms with Crippen molar-refractivity contribution in [1.82, 2.24) is 4.90 Å². The van der Waals surface area contributed by atoms with Gasteiger partial charge in [-0.25, -0.2) is 19.0 Å². The molecule has 1 aliphatic carbocycles. The fourth-order valence-electron chi connectivity index (χ4n) is 4.19. The van der Waals surface area contributed by atoms with Crippen molar-refractivity contribution in [3.8, 4) is 0 Å². The molecule has 2 amide bonds. The number of hydrogen-bond acceptors (Lipinski definition) is 7. The van der Waals surface area contributed by atoms with Gasteiger partial charge in [-0.2, -0.15) is 4.90 Å². The van der Waals surface area contributed by atoms with Crippen molar-refractivity contribution >= 4 is 45.0 Å². The van der Waals surface area contributed by atoms with E-state index in [1.165, 1.54) is 17.8 Å². The summed E-state index contributed by atoms with van der Waals surface area (Å²) in [5.41, 5.74) is -2.29. The minimum absolute atomic E-state index is 0.0471. The number of nitrogens with zero attached hydrogens (tertiary/aromatic N) is 2. The maximum absolute atomic E-state index is 15.2. The quantitative estimate of drug-likeness (QED) is 0.413. The number of halogens is 2. The first kappa shape index (κ1) is 26.9. The average molecular weight is 559 g/mol. The molecule has 1 saturated carbocycles. The van der Waals surface area contributed by atoms with Gasteiger partial charge in [0.25, 0.3) is 0 Å². The first-order valence-electron chi connectivity index (χ1n) is 11.1. The largest absolute Gasteiger partial charge is 0.443 e. The molecule has 0 bridgehead atoms. The zero-order valence-electron chi connectivity index (χ0n) is 20.6. The van der Waals surface area contributed by atoms with E-state index in [0.717, 1.165) is 4.90 Å². The van der Waals surface area contributed by atoms with Crippen LogP contribution in [0, 0.1) is 11.7 Å². The Kier molecular flexibility index (Phi) is 7.75. The molecule has 1 aromatic carbocycles. The Morgan fingerprint density at radius 2 is 1.74 bits per heavy atom. The van der Waals surface area contributed by atoms with E-state index >= 15 is 4.39 Å². The number of aliphatic imine (C=N–C) groups is 1.